The normalized spacial score (nSPS) is 27.4. The number of aliphatic hydroxyl groups is 1. The first-order valence-electron chi connectivity index (χ1n) is 9.46. The molecule has 0 bridgehead atoms. The summed E-state index contributed by atoms with van der Waals surface area (Å²) in [5, 5.41) is 9.83. The van der Waals surface area contributed by atoms with E-state index in [1.54, 1.807) is 14.2 Å². The van der Waals surface area contributed by atoms with Gasteiger partial charge < -0.3 is 19.3 Å². The second-order valence-electron chi connectivity index (χ2n) is 7.14. The number of ether oxygens (including phenoxy) is 3. The number of aliphatic hydroxyl groups excluding tert-OH is 1. The number of hydrogen-bond acceptors (Lipinski definition) is 5. The summed E-state index contributed by atoms with van der Waals surface area (Å²) in [6, 6.07) is 6.51. The van der Waals surface area contributed by atoms with Crippen molar-refractivity contribution in [3.8, 4) is 11.5 Å². The zero-order chi connectivity index (χ0) is 17.6. The fraction of sp³-hybridized carbons (Fsp3) is 0.700. The average Bonchev–Trinajstić information content (AvgIpc) is 3.08. The van der Waals surface area contributed by atoms with Gasteiger partial charge in [0.25, 0.3) is 0 Å². The molecule has 1 aromatic carbocycles. The third-order valence-electron chi connectivity index (χ3n) is 5.50. The molecule has 3 atom stereocenters. The van der Waals surface area contributed by atoms with Crippen molar-refractivity contribution in [3.05, 3.63) is 23.8 Å². The van der Waals surface area contributed by atoms with E-state index in [0.717, 1.165) is 43.9 Å². The monoisotopic (exact) mass is 351 g/mol. The van der Waals surface area contributed by atoms with Crippen LogP contribution in [0.1, 0.15) is 37.7 Å². The molecule has 0 aromatic heterocycles. The van der Waals surface area contributed by atoms with E-state index < -0.39 is 0 Å². The second-order valence-corrected chi connectivity index (χ2v) is 7.14. The van der Waals surface area contributed by atoms with Gasteiger partial charge in [-0.05, 0) is 43.4 Å². The molecule has 1 aliphatic carbocycles. The van der Waals surface area contributed by atoms with E-state index in [9.17, 15) is 5.11 Å². The van der Waals surface area contributed by atoms with Crippen molar-refractivity contribution in [2.75, 3.05) is 33.9 Å². The predicted molar refractivity (Wildman–Crippen MR) is 97.4 cm³/mol. The van der Waals surface area contributed by atoms with Gasteiger partial charge in [-0.2, -0.15) is 0 Å². The molecule has 1 unspecified atom stereocenters. The van der Waals surface area contributed by atoms with Crippen molar-refractivity contribution in [2.24, 2.45) is 0 Å². The lowest BCUT2D eigenvalue weighted by molar-refractivity contribution is -0.0316. The third kappa shape index (κ3) is 4.66. The molecule has 2 fully saturated rings. The van der Waals surface area contributed by atoms with E-state index >= 15 is 0 Å². The van der Waals surface area contributed by atoms with Gasteiger partial charge >= 0.3 is 0 Å². The van der Waals surface area contributed by atoms with Crippen LogP contribution < -0.4 is 9.47 Å². The van der Waals surface area contributed by atoms with Crippen LogP contribution in [0.4, 0.5) is 0 Å². The van der Waals surface area contributed by atoms with Crippen LogP contribution in [-0.4, -0.2) is 62.2 Å². The van der Waals surface area contributed by atoms with Crippen LogP contribution in [0.3, 0.4) is 0 Å². The molecule has 1 saturated carbocycles. The maximum absolute atomic E-state index is 9.83. The standard InChI is InChI=1S/C20H31NO4/c1-23-19-8-7-15(13-20(19)24-2)10-12-25-18-6-4-3-5-17(18)21-11-9-16(22)14-21/h7-8,13,16-18,22H,3-6,9-12,14H2,1-2H3/t16-,17?,18+/m1/s1/i1+1,2+1. The Morgan fingerprint density at radius 3 is 2.60 bits per heavy atom. The van der Waals surface area contributed by atoms with Gasteiger partial charge in [0.05, 0.1) is 33.0 Å². The fourth-order valence-corrected chi connectivity index (χ4v) is 4.12. The second kappa shape index (κ2) is 8.88. The van der Waals surface area contributed by atoms with Gasteiger partial charge in [0.1, 0.15) is 0 Å². The molecule has 1 aliphatic heterocycles. The van der Waals surface area contributed by atoms with E-state index in [0.29, 0.717) is 18.8 Å². The number of likely N-dealkylation sites (tertiary alicyclic amines) is 1. The first kappa shape index (κ1) is 18.5. The molecule has 1 aromatic rings. The highest BCUT2D eigenvalue weighted by Crippen LogP contribution is 2.30. The topological polar surface area (TPSA) is 51.2 Å². The van der Waals surface area contributed by atoms with Crippen LogP contribution in [0.2, 0.25) is 0 Å². The summed E-state index contributed by atoms with van der Waals surface area (Å²) in [6.07, 6.45) is 6.73. The molecule has 2 aliphatic rings. The van der Waals surface area contributed by atoms with E-state index in [1.807, 2.05) is 12.1 Å². The quantitative estimate of drug-likeness (QED) is 0.766. The van der Waals surface area contributed by atoms with Crippen molar-refractivity contribution in [1.29, 1.82) is 0 Å². The van der Waals surface area contributed by atoms with Crippen LogP contribution in [0.15, 0.2) is 18.2 Å². The van der Waals surface area contributed by atoms with Gasteiger partial charge in [0.2, 0.25) is 0 Å². The Balaban J connectivity index is 1.53. The molecule has 1 N–H and O–H groups in total. The highest BCUT2D eigenvalue weighted by Gasteiger charge is 2.34. The summed E-state index contributed by atoms with van der Waals surface area (Å²) in [5.41, 5.74) is 1.20. The number of rotatable bonds is 7. The van der Waals surface area contributed by atoms with Crippen molar-refractivity contribution in [1.82, 2.24) is 4.90 Å². The van der Waals surface area contributed by atoms with Crippen molar-refractivity contribution in [3.63, 3.8) is 0 Å². The molecule has 1 saturated heterocycles. The van der Waals surface area contributed by atoms with Crippen LogP contribution >= 0.6 is 0 Å². The number of methoxy groups -OCH3 is 2. The van der Waals surface area contributed by atoms with Crippen molar-refractivity contribution >= 4 is 0 Å². The van der Waals surface area contributed by atoms with E-state index in [1.165, 1.54) is 24.8 Å². The molecule has 0 spiro atoms. The summed E-state index contributed by atoms with van der Waals surface area (Å²) in [5.74, 6) is 1.52. The average molecular weight is 351 g/mol. The van der Waals surface area contributed by atoms with Crippen LogP contribution in [0.25, 0.3) is 0 Å². The summed E-state index contributed by atoms with van der Waals surface area (Å²) in [7, 11) is 3.31. The van der Waals surface area contributed by atoms with Gasteiger partial charge in [-0.25, -0.2) is 0 Å². The zero-order valence-electron chi connectivity index (χ0n) is 15.4. The maximum Gasteiger partial charge on any atom is 0.160 e. The van der Waals surface area contributed by atoms with Crippen LogP contribution in [0.5, 0.6) is 11.5 Å². The molecule has 140 valence electrons. The Labute approximate surface area is 150 Å². The van der Waals surface area contributed by atoms with Crippen molar-refractivity contribution in [2.45, 2.75) is 56.8 Å². The van der Waals surface area contributed by atoms with Gasteiger partial charge in [0.15, 0.2) is 11.5 Å². The van der Waals surface area contributed by atoms with Gasteiger partial charge in [-0.3, -0.25) is 4.90 Å². The number of nitrogens with zero attached hydrogens (tertiary/aromatic N) is 1. The largest absolute Gasteiger partial charge is 0.493 e. The van der Waals surface area contributed by atoms with Crippen LogP contribution in [-0.2, 0) is 11.2 Å². The molecular formula is C20H31NO4. The molecule has 0 radical (unpaired) electrons. The molecule has 3 rings (SSSR count). The third-order valence-corrected chi connectivity index (χ3v) is 5.50. The van der Waals surface area contributed by atoms with E-state index in [4.69, 9.17) is 14.2 Å². The van der Waals surface area contributed by atoms with Gasteiger partial charge in [0, 0.05) is 19.1 Å². The zero-order valence-corrected chi connectivity index (χ0v) is 15.4. The predicted octanol–water partition coefficient (Wildman–Crippen LogP) is 2.64. The molecule has 0 amide bonds. The highest BCUT2D eigenvalue weighted by molar-refractivity contribution is 5.42. The van der Waals surface area contributed by atoms with Crippen LogP contribution in [0, 0.1) is 0 Å². The summed E-state index contributed by atoms with van der Waals surface area (Å²) in [4.78, 5) is 2.44. The Morgan fingerprint density at radius 1 is 1.08 bits per heavy atom. The number of β-amino-alcohol motifs (C(OH)–C–C–N with tert-alkyl or cyclic N) is 1. The molecule has 1 heterocycles. The molecule has 5 heteroatoms. The minimum atomic E-state index is -0.158. The molecular weight excluding hydrogens is 320 g/mol. The summed E-state index contributed by atoms with van der Waals surface area (Å²) < 4.78 is 16.9. The lowest BCUT2D eigenvalue weighted by Crippen LogP contribution is -2.46. The lowest BCUT2D eigenvalue weighted by Gasteiger charge is -2.37. The summed E-state index contributed by atoms with van der Waals surface area (Å²) in [6.45, 7) is 2.52. The first-order valence-corrected chi connectivity index (χ1v) is 9.46. The van der Waals surface area contributed by atoms with Gasteiger partial charge in [-0.1, -0.05) is 18.9 Å². The Morgan fingerprint density at radius 2 is 1.88 bits per heavy atom. The number of benzene rings is 1. The number of hydrogen-bond donors (Lipinski definition) is 1. The Hall–Kier alpha value is -1.30. The Bertz CT molecular complexity index is 550. The highest BCUT2D eigenvalue weighted by atomic mass is 16.6. The SMILES string of the molecule is [13CH3]Oc1ccc(CCO[C@H]2CCCCC2N2CC[C@@H](O)C2)cc1O[13CH3]. The Kier molecular flexibility index (Phi) is 6.57. The minimum absolute atomic E-state index is 0.158. The van der Waals surface area contributed by atoms with E-state index in [2.05, 4.69) is 11.0 Å². The smallest absolute Gasteiger partial charge is 0.160 e. The van der Waals surface area contributed by atoms with Crippen molar-refractivity contribution < 1.29 is 19.3 Å². The maximum atomic E-state index is 9.83. The first-order chi connectivity index (χ1) is 12.2. The fourth-order valence-electron chi connectivity index (χ4n) is 4.12. The van der Waals surface area contributed by atoms with Gasteiger partial charge in [-0.15, -0.1) is 0 Å². The molecule has 25 heavy (non-hydrogen) atoms. The van der Waals surface area contributed by atoms with E-state index in [-0.39, 0.29) is 6.10 Å². The molecule has 5 nitrogen and oxygen atoms in total. The minimum Gasteiger partial charge on any atom is -0.493 e. The summed E-state index contributed by atoms with van der Waals surface area (Å²) >= 11 is 0. The lowest BCUT2D eigenvalue weighted by atomic mass is 9.91.